The first-order chi connectivity index (χ1) is 5.77. The summed E-state index contributed by atoms with van der Waals surface area (Å²) in [6.07, 6.45) is 1.90. The minimum Gasteiger partial charge on any atom is -0.327 e. The van der Waals surface area contributed by atoms with Gasteiger partial charge in [-0.1, -0.05) is 0 Å². The lowest BCUT2D eigenvalue weighted by atomic mass is 9.96. The summed E-state index contributed by atoms with van der Waals surface area (Å²) in [6.45, 7) is 0.0569. The molecule has 0 aliphatic heterocycles. The van der Waals surface area contributed by atoms with Crippen LogP contribution < -0.4 is 5.73 Å². The number of hydrogen-bond donors (Lipinski definition) is 1. The topological polar surface area (TPSA) is 38.9 Å². The maximum absolute atomic E-state index is 14.1. The molecule has 0 amide bonds. The van der Waals surface area contributed by atoms with Gasteiger partial charge in [-0.05, 0) is 30.4 Å². The van der Waals surface area contributed by atoms with Gasteiger partial charge >= 0.3 is 0 Å². The van der Waals surface area contributed by atoms with E-state index in [2.05, 4.69) is 4.37 Å². The second kappa shape index (κ2) is 2.78. The van der Waals surface area contributed by atoms with Crippen LogP contribution in [0.4, 0.5) is 4.39 Å². The molecule has 0 aromatic carbocycles. The fourth-order valence-electron chi connectivity index (χ4n) is 1.45. The van der Waals surface area contributed by atoms with Gasteiger partial charge in [-0.3, -0.25) is 0 Å². The van der Waals surface area contributed by atoms with E-state index in [0.717, 1.165) is 12.8 Å². The monoisotopic (exact) mass is 186 g/mol. The van der Waals surface area contributed by atoms with Gasteiger partial charge in [0.05, 0.1) is 5.69 Å². The Bertz CT molecular complexity index is 258. The van der Waals surface area contributed by atoms with E-state index in [4.69, 9.17) is 5.73 Å². The molecule has 0 radical (unpaired) electrons. The summed E-state index contributed by atoms with van der Waals surface area (Å²) in [5, 5.41) is 1.79. The van der Waals surface area contributed by atoms with Crippen molar-refractivity contribution < 1.29 is 4.39 Å². The number of halogens is 1. The molecule has 1 aliphatic rings. The molecule has 1 fully saturated rings. The van der Waals surface area contributed by atoms with Crippen LogP contribution in [-0.2, 0) is 5.67 Å². The van der Waals surface area contributed by atoms with Crippen LogP contribution in [0.15, 0.2) is 11.4 Å². The van der Waals surface area contributed by atoms with Gasteiger partial charge in [0.2, 0.25) is 0 Å². The van der Waals surface area contributed by atoms with E-state index < -0.39 is 5.67 Å². The highest BCUT2D eigenvalue weighted by atomic mass is 32.1. The molecule has 1 aromatic rings. The molecular formula is C8H11FN2S. The van der Waals surface area contributed by atoms with Gasteiger partial charge in [-0.25, -0.2) is 4.39 Å². The normalized spacial score (nSPS) is 22.2. The molecule has 1 atom stereocenters. The molecular weight excluding hydrogens is 175 g/mol. The van der Waals surface area contributed by atoms with Crippen LogP contribution in [0, 0.1) is 5.92 Å². The maximum atomic E-state index is 14.1. The Hall–Kier alpha value is -0.480. The predicted molar refractivity (Wildman–Crippen MR) is 46.7 cm³/mol. The number of nitrogens with two attached hydrogens (primary N) is 1. The van der Waals surface area contributed by atoms with Gasteiger partial charge in [0, 0.05) is 17.8 Å². The second-order valence-electron chi connectivity index (χ2n) is 3.23. The third-order valence-corrected chi connectivity index (χ3v) is 2.95. The molecule has 1 saturated carbocycles. The lowest BCUT2D eigenvalue weighted by Gasteiger charge is -2.20. The third kappa shape index (κ3) is 1.15. The zero-order chi connectivity index (χ0) is 8.60. The predicted octanol–water partition coefficient (Wildman–Crippen LogP) is 1.68. The van der Waals surface area contributed by atoms with Crippen LogP contribution in [0.3, 0.4) is 0 Å². The average molecular weight is 186 g/mol. The van der Waals surface area contributed by atoms with E-state index in [0.29, 0.717) is 5.69 Å². The number of rotatable bonds is 3. The molecule has 0 spiro atoms. The van der Waals surface area contributed by atoms with Gasteiger partial charge in [0.1, 0.15) is 0 Å². The van der Waals surface area contributed by atoms with Gasteiger partial charge in [0.25, 0.3) is 0 Å². The average Bonchev–Trinajstić information content (AvgIpc) is 2.80. The first-order valence-corrected chi connectivity index (χ1v) is 4.91. The Labute approximate surface area is 74.8 Å². The Morgan fingerprint density at radius 3 is 2.92 bits per heavy atom. The molecule has 4 heteroatoms. The van der Waals surface area contributed by atoms with Gasteiger partial charge in [0.15, 0.2) is 5.67 Å². The van der Waals surface area contributed by atoms with E-state index in [-0.39, 0.29) is 12.5 Å². The summed E-state index contributed by atoms with van der Waals surface area (Å²) in [6, 6.07) is 1.73. The fourth-order valence-corrected chi connectivity index (χ4v) is 2.03. The number of aromatic nitrogens is 1. The highest BCUT2D eigenvalue weighted by molar-refractivity contribution is 7.03. The molecule has 1 heterocycles. The minimum absolute atomic E-state index is 0.0569. The van der Waals surface area contributed by atoms with Gasteiger partial charge in [-0.15, -0.1) is 0 Å². The quantitative estimate of drug-likeness (QED) is 0.780. The minimum atomic E-state index is -1.35. The first kappa shape index (κ1) is 8.13. The van der Waals surface area contributed by atoms with Crippen molar-refractivity contribution >= 4 is 11.5 Å². The standard InChI is InChI=1S/C8H11FN2S/c9-8(5-10,6-1-2-6)7-3-4-12-11-7/h3-4,6H,1-2,5,10H2. The fraction of sp³-hybridized carbons (Fsp3) is 0.625. The van der Waals surface area contributed by atoms with Gasteiger partial charge < -0.3 is 5.73 Å². The number of nitrogens with zero attached hydrogens (tertiary/aromatic N) is 1. The lowest BCUT2D eigenvalue weighted by molar-refractivity contribution is 0.138. The van der Waals surface area contributed by atoms with Crippen molar-refractivity contribution in [3.8, 4) is 0 Å². The molecule has 2 rings (SSSR count). The van der Waals surface area contributed by atoms with Crippen LogP contribution in [0.5, 0.6) is 0 Å². The first-order valence-electron chi connectivity index (χ1n) is 4.07. The van der Waals surface area contributed by atoms with Crippen molar-refractivity contribution in [1.82, 2.24) is 4.37 Å². The van der Waals surface area contributed by atoms with Crippen molar-refractivity contribution in [3.05, 3.63) is 17.1 Å². The Morgan fingerprint density at radius 1 is 1.75 bits per heavy atom. The van der Waals surface area contributed by atoms with E-state index in [1.165, 1.54) is 11.5 Å². The Morgan fingerprint density at radius 2 is 2.50 bits per heavy atom. The molecule has 66 valence electrons. The molecule has 1 aromatic heterocycles. The molecule has 1 aliphatic carbocycles. The van der Waals surface area contributed by atoms with E-state index in [1.54, 1.807) is 11.4 Å². The summed E-state index contributed by atoms with van der Waals surface area (Å²) < 4.78 is 18.1. The summed E-state index contributed by atoms with van der Waals surface area (Å²) in [5.74, 6) is 0.115. The number of alkyl halides is 1. The summed E-state index contributed by atoms with van der Waals surface area (Å²) in [5.41, 5.74) is 4.61. The summed E-state index contributed by atoms with van der Waals surface area (Å²) >= 11 is 1.28. The molecule has 0 saturated heterocycles. The highest BCUT2D eigenvalue weighted by Gasteiger charge is 2.47. The van der Waals surface area contributed by atoms with Gasteiger partial charge in [-0.2, -0.15) is 4.37 Å². The van der Waals surface area contributed by atoms with Crippen LogP contribution in [0.1, 0.15) is 18.5 Å². The van der Waals surface area contributed by atoms with Crippen molar-refractivity contribution in [1.29, 1.82) is 0 Å². The van der Waals surface area contributed by atoms with Crippen LogP contribution in [0.25, 0.3) is 0 Å². The molecule has 0 bridgehead atoms. The molecule has 2 N–H and O–H groups in total. The molecule has 2 nitrogen and oxygen atoms in total. The zero-order valence-corrected chi connectivity index (χ0v) is 7.48. The summed E-state index contributed by atoms with van der Waals surface area (Å²) in [4.78, 5) is 0. The largest absolute Gasteiger partial charge is 0.327 e. The summed E-state index contributed by atoms with van der Waals surface area (Å²) in [7, 11) is 0. The molecule has 12 heavy (non-hydrogen) atoms. The Balaban J connectivity index is 2.27. The third-order valence-electron chi connectivity index (χ3n) is 2.39. The lowest BCUT2D eigenvalue weighted by Crippen LogP contribution is -2.32. The van der Waals surface area contributed by atoms with Crippen molar-refractivity contribution in [3.63, 3.8) is 0 Å². The van der Waals surface area contributed by atoms with E-state index in [9.17, 15) is 4.39 Å². The van der Waals surface area contributed by atoms with Crippen LogP contribution in [0.2, 0.25) is 0 Å². The van der Waals surface area contributed by atoms with E-state index >= 15 is 0 Å². The van der Waals surface area contributed by atoms with E-state index in [1.807, 2.05) is 0 Å². The number of hydrogen-bond acceptors (Lipinski definition) is 3. The van der Waals surface area contributed by atoms with Crippen molar-refractivity contribution in [2.75, 3.05) is 6.54 Å². The maximum Gasteiger partial charge on any atom is 0.168 e. The smallest absolute Gasteiger partial charge is 0.168 e. The second-order valence-corrected chi connectivity index (χ2v) is 3.89. The van der Waals surface area contributed by atoms with Crippen molar-refractivity contribution in [2.24, 2.45) is 11.7 Å². The van der Waals surface area contributed by atoms with Crippen molar-refractivity contribution in [2.45, 2.75) is 18.5 Å². The van der Waals surface area contributed by atoms with Crippen LogP contribution in [-0.4, -0.2) is 10.9 Å². The van der Waals surface area contributed by atoms with Crippen LogP contribution >= 0.6 is 11.5 Å². The zero-order valence-electron chi connectivity index (χ0n) is 6.66. The SMILES string of the molecule is NCC(F)(c1ccsn1)C1CC1. The Kier molecular flexibility index (Phi) is 1.88. The highest BCUT2D eigenvalue weighted by Crippen LogP contribution is 2.47. The molecule has 1 unspecified atom stereocenters.